The number of rotatable bonds is 2. The minimum absolute atomic E-state index is 0.0259. The number of fused-ring (bicyclic) bond motifs is 1. The van der Waals surface area contributed by atoms with Crippen molar-refractivity contribution in [3.05, 3.63) is 64.7 Å². The summed E-state index contributed by atoms with van der Waals surface area (Å²) in [6, 6.07) is 15.0. The molecule has 0 bridgehead atoms. The highest BCUT2D eigenvalue weighted by Crippen LogP contribution is 2.33. The Bertz CT molecular complexity index is 746. The molecular formula is C17H15ClN2OS. The molecule has 1 heterocycles. The fourth-order valence-electron chi connectivity index (χ4n) is 2.50. The second kappa shape index (κ2) is 6.15. The molecule has 2 aromatic carbocycles. The number of nitrogens with zero attached hydrogens (tertiary/aromatic N) is 2. The highest BCUT2D eigenvalue weighted by molar-refractivity contribution is 8.00. The Labute approximate surface area is 139 Å². The third kappa shape index (κ3) is 2.64. The number of carbonyl (C=O) groups excluding carboxylic acids is 1. The van der Waals surface area contributed by atoms with E-state index >= 15 is 0 Å². The monoisotopic (exact) mass is 330 g/mol. The van der Waals surface area contributed by atoms with Crippen molar-refractivity contribution in [1.29, 1.82) is 0 Å². The molecule has 5 heteroatoms. The van der Waals surface area contributed by atoms with Crippen LogP contribution in [0.3, 0.4) is 0 Å². The smallest absolute Gasteiger partial charge is 0.261 e. The molecule has 1 amide bonds. The van der Waals surface area contributed by atoms with Crippen molar-refractivity contribution < 1.29 is 4.79 Å². The highest BCUT2D eigenvalue weighted by Gasteiger charge is 2.29. The van der Waals surface area contributed by atoms with Gasteiger partial charge in [-0.1, -0.05) is 41.9 Å². The van der Waals surface area contributed by atoms with E-state index in [0.29, 0.717) is 5.02 Å². The zero-order valence-electron chi connectivity index (χ0n) is 12.3. The summed E-state index contributed by atoms with van der Waals surface area (Å²) in [5, 5.41) is 0.630. The molecule has 1 unspecified atom stereocenters. The van der Waals surface area contributed by atoms with E-state index in [1.165, 1.54) is 11.9 Å². The van der Waals surface area contributed by atoms with E-state index in [0.717, 1.165) is 22.5 Å². The van der Waals surface area contributed by atoms with Crippen LogP contribution in [0.2, 0.25) is 5.02 Å². The summed E-state index contributed by atoms with van der Waals surface area (Å²) in [4.78, 5) is 17.2. The fourth-order valence-corrected chi connectivity index (χ4v) is 3.36. The number of carbonyl (C=O) groups is 1. The number of anilines is 1. The molecule has 0 aromatic heterocycles. The van der Waals surface area contributed by atoms with Gasteiger partial charge in [-0.15, -0.1) is 0 Å². The van der Waals surface area contributed by atoms with Gasteiger partial charge in [0.2, 0.25) is 0 Å². The van der Waals surface area contributed by atoms with E-state index in [4.69, 9.17) is 11.6 Å². The van der Waals surface area contributed by atoms with Crippen LogP contribution in [0.4, 0.5) is 5.69 Å². The van der Waals surface area contributed by atoms with Crippen LogP contribution in [0.5, 0.6) is 0 Å². The summed E-state index contributed by atoms with van der Waals surface area (Å²) >= 11 is 7.57. The van der Waals surface area contributed by atoms with Crippen molar-refractivity contribution in [2.75, 3.05) is 10.6 Å². The van der Waals surface area contributed by atoms with E-state index in [1.807, 2.05) is 55.6 Å². The molecule has 0 saturated heterocycles. The molecule has 0 saturated carbocycles. The quantitative estimate of drug-likeness (QED) is 0.773. The topological polar surface area (TPSA) is 32.7 Å². The Balaban J connectivity index is 2.27. The Morgan fingerprint density at radius 1 is 1.18 bits per heavy atom. The van der Waals surface area contributed by atoms with Crippen LogP contribution in [0.1, 0.15) is 18.1 Å². The lowest BCUT2D eigenvalue weighted by Gasteiger charge is -2.21. The summed E-state index contributed by atoms with van der Waals surface area (Å²) in [5.74, 6) is -0.0259. The van der Waals surface area contributed by atoms with E-state index < -0.39 is 6.04 Å². The Hall–Kier alpha value is -1.78. The Morgan fingerprint density at radius 2 is 1.91 bits per heavy atom. The first kappa shape index (κ1) is 15.1. The molecule has 3 rings (SSSR count). The van der Waals surface area contributed by atoms with Gasteiger partial charge >= 0.3 is 0 Å². The maximum atomic E-state index is 12.6. The first-order valence-corrected chi connectivity index (χ1v) is 8.49. The third-order valence-corrected chi connectivity index (χ3v) is 4.52. The number of benzodiazepines with no additional fused rings is 1. The van der Waals surface area contributed by atoms with Gasteiger partial charge in [-0.25, -0.2) is 0 Å². The van der Waals surface area contributed by atoms with E-state index in [2.05, 4.69) is 4.99 Å². The molecule has 0 aliphatic carbocycles. The molecule has 0 radical (unpaired) electrons. The minimum Gasteiger partial charge on any atom is -0.271 e. The van der Waals surface area contributed by atoms with E-state index in [9.17, 15) is 4.79 Å². The summed E-state index contributed by atoms with van der Waals surface area (Å²) in [6.45, 7) is 1.82. The second-order valence-corrected chi connectivity index (χ2v) is 6.16. The molecule has 3 nitrogen and oxygen atoms in total. The van der Waals surface area contributed by atoms with Crippen LogP contribution in [0.15, 0.2) is 53.5 Å². The highest BCUT2D eigenvalue weighted by atomic mass is 35.5. The summed E-state index contributed by atoms with van der Waals surface area (Å²) in [7, 11) is 0. The zero-order chi connectivity index (χ0) is 15.7. The summed E-state index contributed by atoms with van der Waals surface area (Å²) in [6.07, 6.45) is 1.89. The number of amides is 1. The van der Waals surface area contributed by atoms with Gasteiger partial charge in [0.15, 0.2) is 0 Å². The zero-order valence-corrected chi connectivity index (χ0v) is 13.9. The molecule has 0 N–H and O–H groups in total. The molecule has 0 spiro atoms. The third-order valence-electron chi connectivity index (χ3n) is 3.54. The number of aliphatic imine (C=N–C) groups is 1. The minimum atomic E-state index is -0.436. The van der Waals surface area contributed by atoms with Gasteiger partial charge < -0.3 is 0 Å². The molecular weight excluding hydrogens is 316 g/mol. The van der Waals surface area contributed by atoms with Crippen LogP contribution >= 0.6 is 23.5 Å². The van der Waals surface area contributed by atoms with Crippen molar-refractivity contribution in [2.45, 2.75) is 13.0 Å². The van der Waals surface area contributed by atoms with Gasteiger partial charge in [0.05, 0.1) is 11.4 Å². The van der Waals surface area contributed by atoms with Crippen molar-refractivity contribution >= 4 is 40.9 Å². The van der Waals surface area contributed by atoms with Crippen molar-refractivity contribution in [2.24, 2.45) is 4.99 Å². The van der Waals surface area contributed by atoms with Gasteiger partial charge in [-0.2, -0.15) is 0 Å². The molecule has 1 aliphatic heterocycles. The van der Waals surface area contributed by atoms with Crippen LogP contribution in [0.25, 0.3) is 0 Å². The fraction of sp³-hybridized carbons (Fsp3) is 0.176. The maximum absolute atomic E-state index is 12.6. The average Bonchev–Trinajstić information content (AvgIpc) is 2.64. The van der Waals surface area contributed by atoms with E-state index in [-0.39, 0.29) is 5.91 Å². The van der Waals surface area contributed by atoms with Gasteiger partial charge in [0.1, 0.15) is 6.04 Å². The molecule has 1 atom stereocenters. The largest absolute Gasteiger partial charge is 0.271 e. The normalized spacial score (nSPS) is 17.8. The van der Waals surface area contributed by atoms with Crippen molar-refractivity contribution in [1.82, 2.24) is 0 Å². The Kier molecular flexibility index (Phi) is 4.23. The molecule has 22 heavy (non-hydrogen) atoms. The second-order valence-electron chi connectivity index (χ2n) is 5.00. The summed E-state index contributed by atoms with van der Waals surface area (Å²) in [5.41, 5.74) is 3.49. The molecule has 0 fully saturated rings. The average molecular weight is 331 g/mol. The van der Waals surface area contributed by atoms with Crippen LogP contribution in [-0.4, -0.2) is 23.9 Å². The molecule has 112 valence electrons. The molecule has 2 aromatic rings. The maximum Gasteiger partial charge on any atom is 0.261 e. The standard InChI is InChI=1S/C17H15ClN2OS/c1-11-17(21)20(22-2)15-9-8-13(18)10-14(15)16(19-11)12-6-4-3-5-7-12/h3-11H,1-2H3. The molecule has 1 aliphatic rings. The van der Waals surface area contributed by atoms with Crippen molar-refractivity contribution in [3.8, 4) is 0 Å². The lowest BCUT2D eigenvalue weighted by Crippen LogP contribution is -2.30. The number of halogens is 1. The lowest BCUT2D eigenvalue weighted by atomic mass is 10.0. The van der Waals surface area contributed by atoms with Crippen LogP contribution in [0, 0.1) is 0 Å². The number of hydrogen-bond donors (Lipinski definition) is 0. The predicted molar refractivity (Wildman–Crippen MR) is 94.0 cm³/mol. The van der Waals surface area contributed by atoms with Crippen LogP contribution < -0.4 is 4.31 Å². The predicted octanol–water partition coefficient (Wildman–Crippen LogP) is 4.19. The van der Waals surface area contributed by atoms with Crippen molar-refractivity contribution in [3.63, 3.8) is 0 Å². The van der Waals surface area contributed by atoms with Crippen LogP contribution in [-0.2, 0) is 4.79 Å². The van der Waals surface area contributed by atoms with Gasteiger partial charge in [-0.3, -0.25) is 14.1 Å². The van der Waals surface area contributed by atoms with Gasteiger partial charge in [0, 0.05) is 22.4 Å². The first-order valence-electron chi connectivity index (χ1n) is 6.93. The first-order chi connectivity index (χ1) is 10.6. The summed E-state index contributed by atoms with van der Waals surface area (Å²) < 4.78 is 1.69. The SMILES string of the molecule is CSN1C(=O)C(C)N=C(c2ccccc2)c2cc(Cl)ccc21. The number of hydrogen-bond acceptors (Lipinski definition) is 3. The van der Waals surface area contributed by atoms with Gasteiger partial charge in [0.25, 0.3) is 5.91 Å². The van der Waals surface area contributed by atoms with E-state index in [1.54, 1.807) is 10.4 Å². The Morgan fingerprint density at radius 3 is 2.59 bits per heavy atom. The number of benzene rings is 2. The van der Waals surface area contributed by atoms with Gasteiger partial charge in [-0.05, 0) is 37.1 Å². The lowest BCUT2D eigenvalue weighted by molar-refractivity contribution is -0.118.